The lowest BCUT2D eigenvalue weighted by Crippen LogP contribution is -2.08. The number of hydrogen-bond acceptors (Lipinski definition) is 0. The summed E-state index contributed by atoms with van der Waals surface area (Å²) in [7, 11) is 0. The molecule has 0 aliphatic rings. The van der Waals surface area contributed by atoms with E-state index in [1.165, 1.54) is 19.1 Å². The first-order chi connectivity index (χ1) is 10.8. The molecule has 0 bridgehead atoms. The van der Waals surface area contributed by atoms with Gasteiger partial charge in [-0.2, -0.15) is 13.2 Å². The van der Waals surface area contributed by atoms with Gasteiger partial charge in [0.05, 0.1) is 5.56 Å². The molecule has 23 heavy (non-hydrogen) atoms. The Labute approximate surface area is 140 Å². The van der Waals surface area contributed by atoms with Crippen LogP contribution < -0.4 is 0 Å². The summed E-state index contributed by atoms with van der Waals surface area (Å²) in [4.78, 5) is 0. The Hall–Kier alpha value is -1.51. The summed E-state index contributed by atoms with van der Waals surface area (Å²) >= 11 is 0. The average molecular weight is 328 g/mol. The van der Waals surface area contributed by atoms with Gasteiger partial charge in [0.2, 0.25) is 0 Å². The first-order valence-electron chi connectivity index (χ1n) is 8.24. The predicted octanol–water partition coefficient (Wildman–Crippen LogP) is 7.69. The van der Waals surface area contributed by atoms with Crippen LogP contribution in [0.15, 0.2) is 42.0 Å². The summed E-state index contributed by atoms with van der Waals surface area (Å²) in [6.07, 6.45) is 1.51. The van der Waals surface area contributed by atoms with Crippen LogP contribution in [0.25, 0.3) is 0 Å². The maximum Gasteiger partial charge on any atom is 0.416 e. The van der Waals surface area contributed by atoms with E-state index >= 15 is 0 Å². The summed E-state index contributed by atoms with van der Waals surface area (Å²) in [5.74, 6) is -0.0448. The summed E-state index contributed by atoms with van der Waals surface area (Å²) in [5, 5.41) is 0. The standard InChI is InChI=1S/C16H19F3.2C2H6/c1-5-11(2)6-7-12(3)14-9-8-13(4)15(10-14)16(17,18)19;2*1-2/h5-10,12H,1-4H3;2*1-2H3/b7-6-,11-5-;;/t12-;;/m0../s1. The zero-order chi connectivity index (χ0) is 18.6. The fourth-order valence-corrected chi connectivity index (χ4v) is 1.73. The lowest BCUT2D eigenvalue weighted by molar-refractivity contribution is -0.138. The molecule has 1 rings (SSSR count). The van der Waals surface area contributed by atoms with E-state index in [1.54, 1.807) is 6.07 Å². The highest BCUT2D eigenvalue weighted by atomic mass is 19.4. The van der Waals surface area contributed by atoms with Crippen molar-refractivity contribution in [3.05, 3.63) is 58.7 Å². The van der Waals surface area contributed by atoms with Crippen molar-refractivity contribution in [3.8, 4) is 0 Å². The fourth-order valence-electron chi connectivity index (χ4n) is 1.73. The molecule has 0 heterocycles. The molecule has 0 unspecified atom stereocenters. The van der Waals surface area contributed by atoms with Gasteiger partial charge in [0.25, 0.3) is 0 Å². The lowest BCUT2D eigenvalue weighted by atomic mass is 9.95. The lowest BCUT2D eigenvalue weighted by Gasteiger charge is -2.14. The molecule has 0 aliphatic heterocycles. The zero-order valence-corrected chi connectivity index (χ0v) is 15.7. The van der Waals surface area contributed by atoms with Gasteiger partial charge >= 0.3 is 6.18 Å². The van der Waals surface area contributed by atoms with Crippen molar-refractivity contribution < 1.29 is 13.2 Å². The van der Waals surface area contributed by atoms with Crippen LogP contribution in [0.2, 0.25) is 0 Å². The number of allylic oxidation sites excluding steroid dienone is 4. The third-order valence-electron chi connectivity index (χ3n) is 3.20. The minimum atomic E-state index is -4.29. The van der Waals surface area contributed by atoms with E-state index in [0.29, 0.717) is 5.56 Å². The molecule has 0 saturated heterocycles. The van der Waals surface area contributed by atoms with Crippen LogP contribution in [-0.2, 0) is 6.18 Å². The van der Waals surface area contributed by atoms with Gasteiger partial charge in [-0.3, -0.25) is 0 Å². The SMILES string of the molecule is C/C=C(C)\C=C/[C@H](C)c1ccc(C)c(C(F)(F)F)c1.CC.CC. The first kappa shape index (κ1) is 23.8. The Morgan fingerprint density at radius 3 is 2.04 bits per heavy atom. The van der Waals surface area contributed by atoms with Crippen LogP contribution in [-0.4, -0.2) is 0 Å². The van der Waals surface area contributed by atoms with E-state index in [9.17, 15) is 13.2 Å². The van der Waals surface area contributed by atoms with Crippen LogP contribution in [0, 0.1) is 6.92 Å². The van der Waals surface area contributed by atoms with E-state index in [2.05, 4.69) is 0 Å². The molecule has 0 N–H and O–H groups in total. The second kappa shape index (κ2) is 12.0. The summed E-state index contributed by atoms with van der Waals surface area (Å²) in [6, 6.07) is 4.53. The maximum atomic E-state index is 12.8. The second-order valence-corrected chi connectivity index (χ2v) is 4.75. The molecule has 1 aromatic carbocycles. The van der Waals surface area contributed by atoms with E-state index in [4.69, 9.17) is 0 Å². The van der Waals surface area contributed by atoms with Crippen molar-refractivity contribution in [1.29, 1.82) is 0 Å². The Kier molecular flexibility index (Phi) is 12.4. The molecule has 1 aromatic rings. The van der Waals surface area contributed by atoms with E-state index < -0.39 is 11.7 Å². The monoisotopic (exact) mass is 328 g/mol. The topological polar surface area (TPSA) is 0 Å². The molecular formula is C20H31F3. The molecule has 0 saturated carbocycles. The molecule has 0 fully saturated rings. The Bertz CT molecular complexity index is 494. The van der Waals surface area contributed by atoms with Crippen molar-refractivity contribution in [3.63, 3.8) is 0 Å². The van der Waals surface area contributed by atoms with Crippen LogP contribution in [0.4, 0.5) is 13.2 Å². The third-order valence-corrected chi connectivity index (χ3v) is 3.20. The largest absolute Gasteiger partial charge is 0.416 e. The number of halogens is 3. The molecular weight excluding hydrogens is 297 g/mol. The van der Waals surface area contributed by atoms with Crippen molar-refractivity contribution in [2.75, 3.05) is 0 Å². The maximum absolute atomic E-state index is 12.8. The molecule has 132 valence electrons. The molecule has 0 nitrogen and oxygen atoms in total. The van der Waals surface area contributed by atoms with Crippen LogP contribution in [0.3, 0.4) is 0 Å². The first-order valence-corrected chi connectivity index (χ1v) is 8.24. The van der Waals surface area contributed by atoms with Gasteiger partial charge in [0, 0.05) is 0 Å². The van der Waals surface area contributed by atoms with Crippen molar-refractivity contribution in [1.82, 2.24) is 0 Å². The highest BCUT2D eigenvalue weighted by Crippen LogP contribution is 2.33. The number of benzene rings is 1. The van der Waals surface area contributed by atoms with Gasteiger partial charge < -0.3 is 0 Å². The molecule has 3 heteroatoms. The van der Waals surface area contributed by atoms with Crippen molar-refractivity contribution in [2.45, 2.75) is 67.5 Å². The number of alkyl halides is 3. The van der Waals surface area contributed by atoms with Crippen LogP contribution in [0.5, 0.6) is 0 Å². The van der Waals surface area contributed by atoms with Crippen LogP contribution in [0.1, 0.15) is 71.1 Å². The molecule has 0 amide bonds. The summed E-state index contributed by atoms with van der Waals surface area (Å²) < 4.78 is 38.5. The number of hydrogen-bond donors (Lipinski definition) is 0. The van der Waals surface area contributed by atoms with E-state index in [-0.39, 0.29) is 11.5 Å². The van der Waals surface area contributed by atoms with Gasteiger partial charge in [-0.1, -0.05) is 70.6 Å². The van der Waals surface area contributed by atoms with Gasteiger partial charge in [-0.15, -0.1) is 0 Å². The fraction of sp³-hybridized carbons (Fsp3) is 0.500. The van der Waals surface area contributed by atoms with Gasteiger partial charge in [-0.05, 0) is 43.9 Å². The Morgan fingerprint density at radius 2 is 1.61 bits per heavy atom. The Morgan fingerprint density at radius 1 is 1.09 bits per heavy atom. The quantitative estimate of drug-likeness (QED) is 0.499. The second-order valence-electron chi connectivity index (χ2n) is 4.75. The minimum Gasteiger partial charge on any atom is -0.166 e. The van der Waals surface area contributed by atoms with Crippen molar-refractivity contribution in [2.24, 2.45) is 0 Å². The highest BCUT2D eigenvalue weighted by molar-refractivity contribution is 5.36. The normalized spacial score (nSPS) is 12.9. The number of aryl methyl sites for hydroxylation is 1. The minimum absolute atomic E-state index is 0.0448. The predicted molar refractivity (Wildman–Crippen MR) is 95.9 cm³/mol. The van der Waals surface area contributed by atoms with E-state index in [0.717, 1.165) is 5.57 Å². The smallest absolute Gasteiger partial charge is 0.166 e. The summed E-state index contributed by atoms with van der Waals surface area (Å²) in [6.45, 7) is 15.3. The molecule has 0 radical (unpaired) electrons. The highest BCUT2D eigenvalue weighted by Gasteiger charge is 2.32. The molecule has 1 atom stereocenters. The third kappa shape index (κ3) is 8.63. The Balaban J connectivity index is 0. The van der Waals surface area contributed by atoms with Gasteiger partial charge in [0.15, 0.2) is 0 Å². The van der Waals surface area contributed by atoms with Gasteiger partial charge in [0.1, 0.15) is 0 Å². The van der Waals surface area contributed by atoms with E-state index in [1.807, 2.05) is 66.7 Å². The average Bonchev–Trinajstić information content (AvgIpc) is 2.55. The molecule has 0 aromatic heterocycles. The zero-order valence-electron chi connectivity index (χ0n) is 15.7. The van der Waals surface area contributed by atoms with Crippen molar-refractivity contribution >= 4 is 0 Å². The molecule has 0 aliphatic carbocycles. The summed E-state index contributed by atoms with van der Waals surface area (Å²) in [5.41, 5.74) is 1.48. The molecule has 0 spiro atoms. The number of rotatable bonds is 3. The van der Waals surface area contributed by atoms with Crippen LogP contribution >= 0.6 is 0 Å². The van der Waals surface area contributed by atoms with Gasteiger partial charge in [-0.25, -0.2) is 0 Å².